The number of hydrogen-bond donors (Lipinski definition) is 2. The molecule has 1 aliphatic heterocycles. The van der Waals surface area contributed by atoms with Crippen LogP contribution in [0.5, 0.6) is 0 Å². The molecule has 11 heteroatoms. The van der Waals surface area contributed by atoms with Gasteiger partial charge in [-0.3, -0.25) is 19.3 Å². The molecule has 0 saturated carbocycles. The molecular formula is C33H33N3O8. The average Bonchev–Trinajstić information content (AvgIpc) is 3.54. The van der Waals surface area contributed by atoms with Crippen LogP contribution in [0, 0.1) is 13.8 Å². The number of benzene rings is 2. The Labute approximate surface area is 254 Å². The third-order valence-corrected chi connectivity index (χ3v) is 6.88. The molecule has 4 rings (SSSR count). The van der Waals surface area contributed by atoms with Gasteiger partial charge in [0.15, 0.2) is 0 Å². The van der Waals surface area contributed by atoms with Crippen molar-refractivity contribution in [3.63, 3.8) is 0 Å². The maximum Gasteiger partial charge on any atom is 0.340 e. The summed E-state index contributed by atoms with van der Waals surface area (Å²) in [6.07, 6.45) is 1.46. The number of amides is 3. The quantitative estimate of drug-likeness (QED) is 0.206. The summed E-state index contributed by atoms with van der Waals surface area (Å²) in [7, 11) is 0. The van der Waals surface area contributed by atoms with Crippen LogP contribution in [-0.4, -0.2) is 42.9 Å². The monoisotopic (exact) mass is 599 g/mol. The molecule has 228 valence electrons. The zero-order valence-corrected chi connectivity index (χ0v) is 25.1. The first-order valence-electron chi connectivity index (χ1n) is 14.0. The molecule has 2 heterocycles. The van der Waals surface area contributed by atoms with Gasteiger partial charge in [-0.15, -0.1) is 0 Å². The number of nitrogens with one attached hydrogen (secondary N) is 2. The molecule has 0 spiro atoms. The number of nitrogens with zero attached hydrogens (tertiary/aromatic N) is 1. The average molecular weight is 600 g/mol. The highest BCUT2D eigenvalue weighted by Gasteiger charge is 2.38. The Kier molecular flexibility index (Phi) is 9.79. The minimum absolute atomic E-state index is 0.109. The number of furan rings is 1. The molecule has 0 atom stereocenters. The number of aryl methyl sites for hydroxylation is 2. The topological polar surface area (TPSA) is 144 Å². The molecule has 0 saturated heterocycles. The van der Waals surface area contributed by atoms with Crippen molar-refractivity contribution in [2.24, 2.45) is 0 Å². The van der Waals surface area contributed by atoms with Gasteiger partial charge in [-0.2, -0.15) is 0 Å². The second-order valence-corrected chi connectivity index (χ2v) is 9.89. The minimum atomic E-state index is -0.912. The van der Waals surface area contributed by atoms with Crippen LogP contribution in [0.4, 0.5) is 11.4 Å². The van der Waals surface area contributed by atoms with Crippen LogP contribution in [0.1, 0.15) is 53.8 Å². The lowest BCUT2D eigenvalue weighted by Crippen LogP contribution is -2.34. The van der Waals surface area contributed by atoms with Crippen LogP contribution in [0.25, 0.3) is 6.08 Å². The maximum absolute atomic E-state index is 13.6. The Balaban J connectivity index is 1.45. The zero-order valence-electron chi connectivity index (χ0n) is 25.1. The van der Waals surface area contributed by atoms with E-state index in [9.17, 15) is 24.0 Å². The fraction of sp³-hybridized carbons (Fsp3) is 0.242. The van der Waals surface area contributed by atoms with Gasteiger partial charge < -0.3 is 24.5 Å². The highest BCUT2D eigenvalue weighted by Crippen LogP contribution is 2.36. The van der Waals surface area contributed by atoms with E-state index in [0.717, 1.165) is 11.1 Å². The van der Waals surface area contributed by atoms with E-state index in [1.807, 2.05) is 32.0 Å². The van der Waals surface area contributed by atoms with E-state index in [-0.39, 0.29) is 36.7 Å². The van der Waals surface area contributed by atoms with Crippen molar-refractivity contribution >= 4 is 47.1 Å². The molecule has 44 heavy (non-hydrogen) atoms. The summed E-state index contributed by atoms with van der Waals surface area (Å²) in [6.45, 7) is 9.24. The van der Waals surface area contributed by atoms with Crippen LogP contribution in [0.3, 0.4) is 0 Å². The van der Waals surface area contributed by atoms with E-state index in [1.54, 1.807) is 32.9 Å². The van der Waals surface area contributed by atoms with Gasteiger partial charge in [0.25, 0.3) is 5.91 Å². The van der Waals surface area contributed by atoms with Gasteiger partial charge in [0.1, 0.15) is 11.5 Å². The number of hydrogen-bond acceptors (Lipinski definition) is 8. The molecular weight excluding hydrogens is 566 g/mol. The molecule has 3 aromatic rings. The van der Waals surface area contributed by atoms with Gasteiger partial charge in [0.2, 0.25) is 0 Å². The normalized spacial score (nSPS) is 13.7. The molecule has 0 unspecified atom stereocenters. The molecule has 11 nitrogen and oxygen atoms in total. The van der Waals surface area contributed by atoms with Crippen LogP contribution in [0.15, 0.2) is 75.9 Å². The third-order valence-electron chi connectivity index (χ3n) is 6.88. The Morgan fingerprint density at radius 3 is 2.18 bits per heavy atom. The van der Waals surface area contributed by atoms with Gasteiger partial charge in [0, 0.05) is 17.1 Å². The number of allylic oxidation sites excluding steroid dienone is 1. The molecule has 1 aromatic heterocycles. The highest BCUT2D eigenvalue weighted by molar-refractivity contribution is 6.39. The molecule has 0 bridgehead atoms. The number of rotatable bonds is 9. The minimum Gasteiger partial charge on any atom is -0.462 e. The van der Waals surface area contributed by atoms with Crippen LogP contribution < -0.4 is 15.5 Å². The lowest BCUT2D eigenvalue weighted by molar-refractivity contribution is -0.138. The van der Waals surface area contributed by atoms with E-state index >= 15 is 0 Å². The van der Waals surface area contributed by atoms with Gasteiger partial charge in [-0.1, -0.05) is 6.07 Å². The zero-order chi connectivity index (χ0) is 32.0. The lowest BCUT2D eigenvalue weighted by Gasteiger charge is -2.19. The van der Waals surface area contributed by atoms with E-state index < -0.39 is 29.7 Å². The molecule has 3 amide bonds. The Morgan fingerprint density at radius 1 is 0.841 bits per heavy atom. The van der Waals surface area contributed by atoms with Gasteiger partial charge in [-0.25, -0.2) is 9.59 Å². The first kappa shape index (κ1) is 31.5. The molecule has 2 N–H and O–H groups in total. The van der Waals surface area contributed by atoms with Crippen LogP contribution >= 0.6 is 0 Å². The summed E-state index contributed by atoms with van der Waals surface area (Å²) < 4.78 is 16.0. The largest absolute Gasteiger partial charge is 0.462 e. The standard InChI is InChI=1S/C33H33N3O8/c1-6-42-32(40)22-9-11-23(12-10-22)35-30(38)29(37)34-18-26-15-14-25(44-26)17-27-28(33(41)43-7-2)21(5)36(31(27)39)24-13-8-19(3)20(4)16-24/h8-17H,6-7,18H2,1-5H3,(H,34,37)(H,35,38)/b27-17+. The first-order chi connectivity index (χ1) is 21.0. The van der Waals surface area contributed by atoms with Gasteiger partial charge >= 0.3 is 23.8 Å². The van der Waals surface area contributed by atoms with Crippen molar-refractivity contribution in [2.75, 3.05) is 23.4 Å². The number of carbonyl (C=O) groups excluding carboxylic acids is 5. The third kappa shape index (κ3) is 6.95. The van der Waals surface area contributed by atoms with Crippen molar-refractivity contribution in [3.8, 4) is 0 Å². The van der Waals surface area contributed by atoms with Crippen molar-refractivity contribution in [1.82, 2.24) is 5.32 Å². The second-order valence-electron chi connectivity index (χ2n) is 9.89. The smallest absolute Gasteiger partial charge is 0.340 e. The van der Waals surface area contributed by atoms with E-state index in [0.29, 0.717) is 28.4 Å². The summed E-state index contributed by atoms with van der Waals surface area (Å²) in [5.41, 5.74) is 4.00. The van der Waals surface area contributed by atoms with E-state index in [4.69, 9.17) is 13.9 Å². The van der Waals surface area contributed by atoms with Crippen LogP contribution in [-0.2, 0) is 35.2 Å². The molecule has 1 aliphatic rings. The number of ether oxygens (including phenoxy) is 2. The van der Waals surface area contributed by atoms with Crippen molar-refractivity contribution in [3.05, 3.63) is 99.7 Å². The second kappa shape index (κ2) is 13.7. The van der Waals surface area contributed by atoms with Gasteiger partial charge in [0.05, 0.1) is 36.5 Å². The van der Waals surface area contributed by atoms with E-state index in [2.05, 4.69) is 10.6 Å². The predicted octanol–water partition coefficient (Wildman–Crippen LogP) is 4.60. The summed E-state index contributed by atoms with van der Waals surface area (Å²) in [6, 6.07) is 14.7. The Morgan fingerprint density at radius 2 is 1.52 bits per heavy atom. The Hall–Kier alpha value is -5.45. The highest BCUT2D eigenvalue weighted by atomic mass is 16.5. The molecule has 0 aliphatic carbocycles. The summed E-state index contributed by atoms with van der Waals surface area (Å²) >= 11 is 0. The predicted molar refractivity (Wildman–Crippen MR) is 162 cm³/mol. The number of esters is 2. The number of carbonyl (C=O) groups is 5. The van der Waals surface area contributed by atoms with E-state index in [1.165, 1.54) is 35.2 Å². The fourth-order valence-electron chi connectivity index (χ4n) is 4.51. The SMILES string of the molecule is CCOC(=O)C1=C(C)N(c2ccc(C)c(C)c2)C(=O)/C1=C/c1ccc(CNC(=O)C(=O)Nc2ccc(C(=O)OCC)cc2)o1. The van der Waals surface area contributed by atoms with Crippen molar-refractivity contribution in [1.29, 1.82) is 0 Å². The molecule has 0 radical (unpaired) electrons. The first-order valence-corrected chi connectivity index (χ1v) is 14.0. The summed E-state index contributed by atoms with van der Waals surface area (Å²) in [5, 5.41) is 4.93. The molecule has 2 aromatic carbocycles. The summed E-state index contributed by atoms with van der Waals surface area (Å²) in [4.78, 5) is 64.5. The van der Waals surface area contributed by atoms with Gasteiger partial charge in [-0.05, 0) is 100 Å². The molecule has 0 fully saturated rings. The van der Waals surface area contributed by atoms with Crippen molar-refractivity contribution in [2.45, 2.75) is 41.2 Å². The summed E-state index contributed by atoms with van der Waals surface area (Å²) in [5.74, 6) is -2.77. The fourth-order valence-corrected chi connectivity index (χ4v) is 4.51. The van der Waals surface area contributed by atoms with Crippen molar-refractivity contribution < 1.29 is 37.9 Å². The Bertz CT molecular complexity index is 1680. The lowest BCUT2D eigenvalue weighted by atomic mass is 10.1. The maximum atomic E-state index is 13.6. The van der Waals surface area contributed by atoms with Crippen LogP contribution in [0.2, 0.25) is 0 Å². The number of anilines is 2.